The Balaban J connectivity index is 2.72. The van der Waals surface area contributed by atoms with E-state index in [2.05, 4.69) is 5.10 Å². The normalized spacial score (nSPS) is 10.9. The van der Waals surface area contributed by atoms with Gasteiger partial charge in [0.05, 0.1) is 5.69 Å². The van der Waals surface area contributed by atoms with Gasteiger partial charge in [-0.25, -0.2) is 0 Å². The van der Waals surface area contributed by atoms with Crippen LogP contribution in [0.3, 0.4) is 0 Å². The number of aromatic nitrogens is 2. The summed E-state index contributed by atoms with van der Waals surface area (Å²) in [6.07, 6.45) is 0.895. The molecule has 0 radical (unpaired) electrons. The molecule has 6 nitrogen and oxygen atoms in total. The molecule has 1 aromatic heterocycles. The van der Waals surface area contributed by atoms with E-state index in [0.717, 1.165) is 17.0 Å². The topological polar surface area (TPSA) is 75.4 Å². The van der Waals surface area contributed by atoms with Crippen LogP contribution in [-0.4, -0.2) is 44.3 Å². The summed E-state index contributed by atoms with van der Waals surface area (Å²) < 4.78 is 1.80. The molecule has 0 fully saturated rings. The molecule has 0 aromatic carbocycles. The van der Waals surface area contributed by atoms with Crippen molar-refractivity contribution in [2.45, 2.75) is 46.6 Å². The first-order valence-electron chi connectivity index (χ1n) is 6.74. The third-order valence-electron chi connectivity index (χ3n) is 3.50. The lowest BCUT2D eigenvalue weighted by Gasteiger charge is -2.24. The average Bonchev–Trinajstić information content (AvgIpc) is 2.57. The molecule has 0 bridgehead atoms. The Morgan fingerprint density at radius 2 is 1.95 bits per heavy atom. The number of amides is 1. The fourth-order valence-electron chi connectivity index (χ4n) is 2.26. The van der Waals surface area contributed by atoms with Gasteiger partial charge in [0, 0.05) is 25.2 Å². The maximum Gasteiger partial charge on any atom is 0.323 e. The molecule has 20 heavy (non-hydrogen) atoms. The van der Waals surface area contributed by atoms with Crippen LogP contribution in [-0.2, 0) is 23.1 Å². The molecular formula is C14H23N3O3. The quantitative estimate of drug-likeness (QED) is 0.852. The van der Waals surface area contributed by atoms with E-state index in [4.69, 9.17) is 5.11 Å². The second-order valence-electron chi connectivity index (χ2n) is 5.28. The van der Waals surface area contributed by atoms with Gasteiger partial charge in [-0.1, -0.05) is 0 Å². The number of rotatable bonds is 6. The molecule has 0 aliphatic heterocycles. The molecular weight excluding hydrogens is 258 g/mol. The predicted molar refractivity (Wildman–Crippen MR) is 75.5 cm³/mol. The SMILES string of the molecule is Cc1nn(C)c(C)c1CCC(=O)N(CC(=O)O)C(C)C. The molecule has 0 spiro atoms. The number of carboxylic acids is 1. The lowest BCUT2D eigenvalue weighted by Crippen LogP contribution is -2.40. The summed E-state index contributed by atoms with van der Waals surface area (Å²) in [5, 5.41) is 13.2. The Morgan fingerprint density at radius 3 is 2.35 bits per heavy atom. The molecule has 1 heterocycles. The van der Waals surface area contributed by atoms with Crippen molar-refractivity contribution < 1.29 is 14.7 Å². The molecule has 1 aromatic rings. The molecule has 112 valence electrons. The number of hydrogen-bond acceptors (Lipinski definition) is 3. The first-order valence-corrected chi connectivity index (χ1v) is 6.74. The fourth-order valence-corrected chi connectivity index (χ4v) is 2.26. The van der Waals surface area contributed by atoms with Gasteiger partial charge in [-0.2, -0.15) is 5.10 Å². The van der Waals surface area contributed by atoms with Crippen LogP contribution >= 0.6 is 0 Å². The molecule has 1 amide bonds. The molecule has 0 atom stereocenters. The Bertz CT molecular complexity index is 506. The number of aliphatic carboxylic acids is 1. The zero-order valence-electron chi connectivity index (χ0n) is 12.8. The van der Waals surface area contributed by atoms with Gasteiger partial charge in [0.2, 0.25) is 5.91 Å². The zero-order chi connectivity index (χ0) is 15.4. The number of aryl methyl sites for hydroxylation is 2. The number of carbonyl (C=O) groups is 2. The Hall–Kier alpha value is -1.85. The van der Waals surface area contributed by atoms with Gasteiger partial charge in [0.25, 0.3) is 0 Å². The van der Waals surface area contributed by atoms with Crippen molar-refractivity contribution in [2.24, 2.45) is 7.05 Å². The molecule has 6 heteroatoms. The third-order valence-corrected chi connectivity index (χ3v) is 3.50. The first kappa shape index (κ1) is 16.2. The maximum absolute atomic E-state index is 12.2. The van der Waals surface area contributed by atoms with Crippen molar-refractivity contribution in [3.05, 3.63) is 17.0 Å². The van der Waals surface area contributed by atoms with Gasteiger partial charge < -0.3 is 10.0 Å². The lowest BCUT2D eigenvalue weighted by atomic mass is 10.1. The summed E-state index contributed by atoms with van der Waals surface area (Å²) in [5.41, 5.74) is 3.04. The summed E-state index contributed by atoms with van der Waals surface area (Å²) in [7, 11) is 1.87. The highest BCUT2D eigenvalue weighted by Gasteiger charge is 2.20. The number of carboxylic acid groups (broad SMARTS) is 1. The highest BCUT2D eigenvalue weighted by atomic mass is 16.4. The van der Waals surface area contributed by atoms with Crippen LogP contribution < -0.4 is 0 Å². The van der Waals surface area contributed by atoms with Crippen LogP contribution in [0.5, 0.6) is 0 Å². The predicted octanol–water partition coefficient (Wildman–Crippen LogP) is 1.29. The minimum absolute atomic E-state index is 0.116. The van der Waals surface area contributed by atoms with Crippen LogP contribution in [0.25, 0.3) is 0 Å². The Labute approximate surface area is 119 Å². The van der Waals surface area contributed by atoms with E-state index >= 15 is 0 Å². The summed E-state index contributed by atoms with van der Waals surface area (Å²) in [6.45, 7) is 7.28. The number of nitrogens with zero attached hydrogens (tertiary/aromatic N) is 3. The van der Waals surface area contributed by atoms with Crippen LogP contribution in [0.2, 0.25) is 0 Å². The van der Waals surface area contributed by atoms with Crippen molar-refractivity contribution >= 4 is 11.9 Å². The first-order chi connectivity index (χ1) is 9.23. The largest absolute Gasteiger partial charge is 0.480 e. The smallest absolute Gasteiger partial charge is 0.323 e. The van der Waals surface area contributed by atoms with Crippen molar-refractivity contribution in [2.75, 3.05) is 6.54 Å². The molecule has 1 N–H and O–H groups in total. The molecule has 1 rings (SSSR count). The Morgan fingerprint density at radius 1 is 1.35 bits per heavy atom. The van der Waals surface area contributed by atoms with Gasteiger partial charge in [0.1, 0.15) is 6.54 Å². The third kappa shape index (κ3) is 3.82. The van der Waals surface area contributed by atoms with Crippen LogP contribution in [0.1, 0.15) is 37.2 Å². The monoisotopic (exact) mass is 281 g/mol. The van der Waals surface area contributed by atoms with Crippen molar-refractivity contribution in [3.63, 3.8) is 0 Å². The van der Waals surface area contributed by atoms with Crippen molar-refractivity contribution in [3.8, 4) is 0 Å². The second-order valence-corrected chi connectivity index (χ2v) is 5.28. The molecule has 0 aliphatic carbocycles. The molecule has 0 aliphatic rings. The highest BCUT2D eigenvalue weighted by molar-refractivity contribution is 5.81. The molecule has 0 saturated carbocycles. The van der Waals surface area contributed by atoms with Gasteiger partial charge in [-0.15, -0.1) is 0 Å². The Kier molecular flexibility index (Phi) is 5.30. The van der Waals surface area contributed by atoms with Gasteiger partial charge in [-0.05, 0) is 39.7 Å². The lowest BCUT2D eigenvalue weighted by molar-refractivity contribution is -0.145. The minimum Gasteiger partial charge on any atom is -0.480 e. The van der Waals surface area contributed by atoms with Crippen molar-refractivity contribution in [1.82, 2.24) is 14.7 Å². The standard InChI is InChI=1S/C14H23N3O3/c1-9(2)17(8-14(19)20)13(18)7-6-12-10(3)15-16(5)11(12)4/h9H,6-8H2,1-5H3,(H,19,20). The van der Waals surface area contributed by atoms with E-state index in [-0.39, 0.29) is 18.5 Å². The van der Waals surface area contributed by atoms with E-state index in [1.165, 1.54) is 4.90 Å². The van der Waals surface area contributed by atoms with Crippen LogP contribution in [0.4, 0.5) is 0 Å². The highest BCUT2D eigenvalue weighted by Crippen LogP contribution is 2.15. The van der Waals surface area contributed by atoms with E-state index in [0.29, 0.717) is 12.8 Å². The summed E-state index contributed by atoms with van der Waals surface area (Å²) >= 11 is 0. The second kappa shape index (κ2) is 6.54. The molecule has 0 unspecified atom stereocenters. The summed E-state index contributed by atoms with van der Waals surface area (Å²) in [4.78, 5) is 24.3. The van der Waals surface area contributed by atoms with Crippen molar-refractivity contribution in [1.29, 1.82) is 0 Å². The molecule has 0 saturated heterocycles. The average molecular weight is 281 g/mol. The van der Waals surface area contributed by atoms with Gasteiger partial charge >= 0.3 is 5.97 Å². The van der Waals surface area contributed by atoms with E-state index < -0.39 is 5.97 Å². The number of carbonyl (C=O) groups excluding carboxylic acids is 1. The maximum atomic E-state index is 12.2. The van der Waals surface area contributed by atoms with Crippen LogP contribution in [0.15, 0.2) is 0 Å². The van der Waals surface area contributed by atoms with E-state index in [1.54, 1.807) is 4.68 Å². The van der Waals surface area contributed by atoms with Gasteiger partial charge in [-0.3, -0.25) is 14.3 Å². The fraction of sp³-hybridized carbons (Fsp3) is 0.643. The summed E-state index contributed by atoms with van der Waals surface area (Å²) in [6, 6.07) is -0.116. The number of hydrogen-bond donors (Lipinski definition) is 1. The zero-order valence-corrected chi connectivity index (χ0v) is 12.8. The van der Waals surface area contributed by atoms with E-state index in [1.807, 2.05) is 34.7 Å². The van der Waals surface area contributed by atoms with Crippen LogP contribution in [0, 0.1) is 13.8 Å². The van der Waals surface area contributed by atoms with Gasteiger partial charge in [0.15, 0.2) is 0 Å². The minimum atomic E-state index is -0.985. The van der Waals surface area contributed by atoms with E-state index in [9.17, 15) is 9.59 Å². The summed E-state index contributed by atoms with van der Waals surface area (Å²) in [5.74, 6) is -1.12.